The van der Waals surface area contributed by atoms with E-state index in [1.807, 2.05) is 0 Å². The fraction of sp³-hybridized carbons (Fsp3) is 0.154. The Hall–Kier alpha value is -2.34. The maximum absolute atomic E-state index is 10.9. The SMILES string of the molecule is COc1ccc(COc2nc(Cl)ccc2[N+](=O)[O-])cc1. The number of aromatic nitrogens is 1. The fourth-order valence-electron chi connectivity index (χ4n) is 1.53. The van der Waals surface area contributed by atoms with Gasteiger partial charge in [-0.3, -0.25) is 10.1 Å². The molecule has 1 aromatic carbocycles. The Bertz CT molecular complexity index is 616. The van der Waals surface area contributed by atoms with Crippen molar-refractivity contribution in [3.63, 3.8) is 0 Å². The van der Waals surface area contributed by atoms with Gasteiger partial charge in [-0.25, -0.2) is 0 Å². The maximum Gasteiger partial charge on any atom is 0.331 e. The molecule has 2 rings (SSSR count). The van der Waals surface area contributed by atoms with Crippen molar-refractivity contribution in [2.75, 3.05) is 7.11 Å². The highest BCUT2D eigenvalue weighted by atomic mass is 35.5. The van der Waals surface area contributed by atoms with E-state index in [9.17, 15) is 10.1 Å². The third-order valence-corrected chi connectivity index (χ3v) is 2.75. The summed E-state index contributed by atoms with van der Waals surface area (Å²) in [5.74, 6) is 0.624. The smallest absolute Gasteiger partial charge is 0.331 e. The lowest BCUT2D eigenvalue weighted by molar-refractivity contribution is -0.386. The van der Waals surface area contributed by atoms with E-state index in [1.165, 1.54) is 12.1 Å². The molecule has 0 fully saturated rings. The molecule has 2 aromatic rings. The van der Waals surface area contributed by atoms with Gasteiger partial charge in [0.05, 0.1) is 12.0 Å². The summed E-state index contributed by atoms with van der Waals surface area (Å²) < 4.78 is 10.4. The van der Waals surface area contributed by atoms with E-state index in [-0.39, 0.29) is 23.3 Å². The summed E-state index contributed by atoms with van der Waals surface area (Å²) in [6.07, 6.45) is 0. The van der Waals surface area contributed by atoms with Crippen molar-refractivity contribution in [1.82, 2.24) is 4.98 Å². The van der Waals surface area contributed by atoms with Crippen LogP contribution in [-0.2, 0) is 6.61 Å². The van der Waals surface area contributed by atoms with Crippen LogP contribution in [-0.4, -0.2) is 17.0 Å². The summed E-state index contributed by atoms with van der Waals surface area (Å²) in [4.78, 5) is 14.1. The van der Waals surface area contributed by atoms with Crippen LogP contribution in [0.4, 0.5) is 5.69 Å². The Morgan fingerprint density at radius 3 is 2.55 bits per heavy atom. The minimum absolute atomic E-state index is 0.0988. The molecule has 0 amide bonds. The van der Waals surface area contributed by atoms with Crippen LogP contribution in [0.25, 0.3) is 0 Å². The first-order chi connectivity index (χ1) is 9.60. The molecule has 7 heteroatoms. The summed E-state index contributed by atoms with van der Waals surface area (Å²) in [6.45, 7) is 0.151. The number of methoxy groups -OCH3 is 1. The molecule has 0 atom stereocenters. The molecular formula is C13H11ClN2O4. The fourth-order valence-corrected chi connectivity index (χ4v) is 1.67. The van der Waals surface area contributed by atoms with Crippen molar-refractivity contribution in [2.45, 2.75) is 6.61 Å². The minimum atomic E-state index is -0.563. The zero-order chi connectivity index (χ0) is 14.5. The molecule has 0 saturated heterocycles. The van der Waals surface area contributed by atoms with Gasteiger partial charge in [-0.05, 0) is 23.8 Å². The summed E-state index contributed by atoms with van der Waals surface area (Å²) in [7, 11) is 1.57. The summed E-state index contributed by atoms with van der Waals surface area (Å²) in [5, 5.41) is 11.0. The molecule has 0 radical (unpaired) electrons. The topological polar surface area (TPSA) is 74.5 Å². The molecule has 0 unspecified atom stereocenters. The first kappa shape index (κ1) is 14.1. The number of hydrogen-bond acceptors (Lipinski definition) is 5. The zero-order valence-electron chi connectivity index (χ0n) is 10.6. The van der Waals surface area contributed by atoms with Gasteiger partial charge in [-0.15, -0.1) is 0 Å². The summed E-state index contributed by atoms with van der Waals surface area (Å²) >= 11 is 5.71. The van der Waals surface area contributed by atoms with Crippen LogP contribution in [0.2, 0.25) is 5.15 Å². The van der Waals surface area contributed by atoms with E-state index >= 15 is 0 Å². The summed E-state index contributed by atoms with van der Waals surface area (Å²) in [6, 6.07) is 9.76. The van der Waals surface area contributed by atoms with Gasteiger partial charge in [0.1, 0.15) is 17.5 Å². The zero-order valence-corrected chi connectivity index (χ0v) is 11.3. The Labute approximate surface area is 120 Å². The molecule has 104 valence electrons. The molecule has 6 nitrogen and oxygen atoms in total. The lowest BCUT2D eigenvalue weighted by Gasteiger charge is -2.07. The van der Waals surface area contributed by atoms with Crippen molar-refractivity contribution in [3.05, 3.63) is 57.2 Å². The van der Waals surface area contributed by atoms with Crippen LogP contribution in [0.5, 0.6) is 11.6 Å². The van der Waals surface area contributed by atoms with Crippen LogP contribution in [0.1, 0.15) is 5.56 Å². The molecule has 1 aromatic heterocycles. The van der Waals surface area contributed by atoms with E-state index < -0.39 is 4.92 Å². The summed E-state index contributed by atoms with van der Waals surface area (Å²) in [5.41, 5.74) is 0.616. The molecule has 0 spiro atoms. The molecule has 0 aliphatic rings. The van der Waals surface area contributed by atoms with Crippen molar-refractivity contribution in [2.24, 2.45) is 0 Å². The quantitative estimate of drug-likeness (QED) is 0.481. The van der Waals surface area contributed by atoms with E-state index in [4.69, 9.17) is 21.1 Å². The van der Waals surface area contributed by atoms with Crippen LogP contribution in [0, 0.1) is 10.1 Å². The van der Waals surface area contributed by atoms with Crippen molar-refractivity contribution >= 4 is 17.3 Å². The van der Waals surface area contributed by atoms with Crippen molar-refractivity contribution < 1.29 is 14.4 Å². The van der Waals surface area contributed by atoms with E-state index in [2.05, 4.69) is 4.98 Å². The Kier molecular flexibility index (Phi) is 4.37. The van der Waals surface area contributed by atoms with Crippen molar-refractivity contribution in [1.29, 1.82) is 0 Å². The number of rotatable bonds is 5. The number of benzene rings is 1. The third-order valence-electron chi connectivity index (χ3n) is 2.54. The van der Waals surface area contributed by atoms with E-state index in [0.717, 1.165) is 11.3 Å². The van der Waals surface area contributed by atoms with Gasteiger partial charge in [0, 0.05) is 6.07 Å². The second-order valence-electron chi connectivity index (χ2n) is 3.85. The third kappa shape index (κ3) is 3.36. The molecular weight excluding hydrogens is 284 g/mol. The van der Waals surface area contributed by atoms with E-state index in [0.29, 0.717) is 0 Å². The van der Waals surface area contributed by atoms with Crippen molar-refractivity contribution in [3.8, 4) is 11.6 Å². The molecule has 0 saturated carbocycles. The molecule has 0 bridgehead atoms. The predicted molar refractivity (Wildman–Crippen MR) is 73.2 cm³/mol. The molecule has 20 heavy (non-hydrogen) atoms. The Morgan fingerprint density at radius 1 is 1.25 bits per heavy atom. The number of ether oxygens (including phenoxy) is 2. The standard InChI is InChI=1S/C13H11ClN2O4/c1-19-10-4-2-9(3-5-10)8-20-13-11(16(17)18)6-7-12(14)15-13/h2-7H,8H2,1H3. The monoisotopic (exact) mass is 294 g/mol. The Morgan fingerprint density at radius 2 is 1.95 bits per heavy atom. The van der Waals surface area contributed by atoms with Crippen LogP contribution in [0.15, 0.2) is 36.4 Å². The lowest BCUT2D eigenvalue weighted by Crippen LogP contribution is -2.01. The van der Waals surface area contributed by atoms with Gasteiger partial charge in [0.25, 0.3) is 5.88 Å². The first-order valence-electron chi connectivity index (χ1n) is 5.67. The second-order valence-corrected chi connectivity index (χ2v) is 4.24. The van der Waals surface area contributed by atoms with Crippen LogP contribution >= 0.6 is 11.6 Å². The minimum Gasteiger partial charge on any atom is -0.497 e. The molecule has 0 aliphatic heterocycles. The normalized spacial score (nSPS) is 10.1. The van der Waals surface area contributed by atoms with Gasteiger partial charge in [0.2, 0.25) is 0 Å². The van der Waals surface area contributed by atoms with Crippen LogP contribution < -0.4 is 9.47 Å². The first-order valence-corrected chi connectivity index (χ1v) is 6.04. The Balaban J connectivity index is 2.13. The maximum atomic E-state index is 10.9. The number of hydrogen-bond donors (Lipinski definition) is 0. The van der Waals surface area contributed by atoms with E-state index in [1.54, 1.807) is 31.4 Å². The number of nitrogens with zero attached hydrogens (tertiary/aromatic N) is 2. The number of pyridine rings is 1. The van der Waals surface area contributed by atoms with Gasteiger partial charge in [-0.1, -0.05) is 23.7 Å². The highest BCUT2D eigenvalue weighted by molar-refractivity contribution is 6.29. The van der Waals surface area contributed by atoms with Gasteiger partial charge in [0.15, 0.2) is 0 Å². The largest absolute Gasteiger partial charge is 0.497 e. The van der Waals surface area contributed by atoms with Gasteiger partial charge >= 0.3 is 5.69 Å². The average Bonchev–Trinajstić information content (AvgIpc) is 2.45. The molecule has 0 N–H and O–H groups in total. The number of halogens is 1. The van der Waals surface area contributed by atoms with Gasteiger partial charge < -0.3 is 9.47 Å². The van der Waals surface area contributed by atoms with Gasteiger partial charge in [-0.2, -0.15) is 4.98 Å². The highest BCUT2D eigenvalue weighted by Crippen LogP contribution is 2.27. The second kappa shape index (κ2) is 6.21. The molecule has 0 aliphatic carbocycles. The highest BCUT2D eigenvalue weighted by Gasteiger charge is 2.17. The average molecular weight is 295 g/mol. The lowest BCUT2D eigenvalue weighted by atomic mass is 10.2. The van der Waals surface area contributed by atoms with Crippen LogP contribution in [0.3, 0.4) is 0 Å². The molecule has 1 heterocycles. The number of nitro groups is 1. The predicted octanol–water partition coefficient (Wildman–Crippen LogP) is 3.23.